The Morgan fingerprint density at radius 1 is 1.33 bits per heavy atom. The summed E-state index contributed by atoms with van der Waals surface area (Å²) in [5, 5.41) is 11.5. The number of hydrogen-bond acceptors (Lipinski definition) is 3. The van der Waals surface area contributed by atoms with E-state index in [1.165, 1.54) is 0 Å². The van der Waals surface area contributed by atoms with Gasteiger partial charge in [0.2, 0.25) is 0 Å². The van der Waals surface area contributed by atoms with Crippen molar-refractivity contribution in [3.8, 4) is 0 Å². The van der Waals surface area contributed by atoms with Gasteiger partial charge in [0.15, 0.2) is 0 Å². The maximum absolute atomic E-state index is 11.7. The van der Waals surface area contributed by atoms with Gasteiger partial charge in [0.05, 0.1) is 0 Å². The Bertz CT molecular complexity index is 276. The van der Waals surface area contributed by atoms with Crippen molar-refractivity contribution < 1.29 is 14.7 Å². The second-order valence-electron chi connectivity index (χ2n) is 4.74. The Hall–Kier alpha value is -1.30. The lowest BCUT2D eigenvalue weighted by Crippen LogP contribution is -2.44. The number of rotatable bonds is 6. The van der Waals surface area contributed by atoms with Crippen LogP contribution in [0.2, 0.25) is 0 Å². The Morgan fingerprint density at radius 2 is 2.00 bits per heavy atom. The number of carboxylic acid groups (broad SMARTS) is 1. The van der Waals surface area contributed by atoms with Crippen LogP contribution in [0.4, 0.5) is 4.79 Å². The number of urea groups is 1. The number of carboxylic acids is 1. The zero-order valence-corrected chi connectivity index (χ0v) is 10.7. The average molecular weight is 257 g/mol. The lowest BCUT2D eigenvalue weighted by atomic mass is 9.92. The molecule has 0 aliphatic carbocycles. The Balaban J connectivity index is 2.17. The largest absolute Gasteiger partial charge is 0.481 e. The van der Waals surface area contributed by atoms with Gasteiger partial charge in [-0.15, -0.1) is 0 Å². The molecule has 1 aliphatic heterocycles. The third-order valence-electron chi connectivity index (χ3n) is 3.33. The van der Waals surface area contributed by atoms with E-state index in [1.807, 2.05) is 0 Å². The van der Waals surface area contributed by atoms with Gasteiger partial charge in [0.25, 0.3) is 0 Å². The van der Waals surface area contributed by atoms with Crippen molar-refractivity contribution in [3.63, 3.8) is 0 Å². The lowest BCUT2D eigenvalue weighted by molar-refractivity contribution is -0.137. The summed E-state index contributed by atoms with van der Waals surface area (Å²) in [6, 6.07) is -0.0277. The lowest BCUT2D eigenvalue weighted by Gasteiger charge is -2.31. The van der Waals surface area contributed by atoms with Gasteiger partial charge >= 0.3 is 12.0 Å². The van der Waals surface area contributed by atoms with Crippen molar-refractivity contribution in [1.82, 2.24) is 10.2 Å². The number of carbonyl (C=O) groups excluding carboxylic acids is 1. The number of nitrogens with zero attached hydrogens (tertiary/aromatic N) is 1. The molecule has 0 unspecified atom stereocenters. The van der Waals surface area contributed by atoms with Gasteiger partial charge in [0.1, 0.15) is 0 Å². The molecular formula is C12H23N3O3. The van der Waals surface area contributed by atoms with Crippen molar-refractivity contribution >= 4 is 12.0 Å². The van der Waals surface area contributed by atoms with E-state index in [0.29, 0.717) is 19.0 Å². The molecule has 0 bridgehead atoms. The predicted molar refractivity (Wildman–Crippen MR) is 68.2 cm³/mol. The number of carbonyl (C=O) groups is 2. The molecule has 6 nitrogen and oxygen atoms in total. The Labute approximate surface area is 108 Å². The highest BCUT2D eigenvalue weighted by molar-refractivity contribution is 5.74. The molecule has 2 amide bonds. The Morgan fingerprint density at radius 3 is 2.56 bits per heavy atom. The summed E-state index contributed by atoms with van der Waals surface area (Å²) in [6.07, 6.45) is 3.54. The highest BCUT2D eigenvalue weighted by Gasteiger charge is 2.22. The molecule has 1 saturated heterocycles. The fourth-order valence-corrected chi connectivity index (χ4v) is 2.16. The van der Waals surface area contributed by atoms with Gasteiger partial charge in [-0.3, -0.25) is 4.79 Å². The first-order valence-electron chi connectivity index (χ1n) is 6.58. The summed E-state index contributed by atoms with van der Waals surface area (Å²) in [4.78, 5) is 24.0. The van der Waals surface area contributed by atoms with Crippen molar-refractivity contribution in [3.05, 3.63) is 0 Å². The molecule has 0 radical (unpaired) electrons. The van der Waals surface area contributed by atoms with E-state index in [-0.39, 0.29) is 12.5 Å². The standard InChI is InChI=1S/C12H23N3O3/c13-6-1-7-14-12(18)15-8-4-10(5-9-15)2-3-11(16)17/h10H,1-9,13H2,(H,14,18)(H,16,17). The van der Waals surface area contributed by atoms with Crippen LogP contribution in [0.5, 0.6) is 0 Å². The molecule has 0 aromatic rings. The molecule has 6 heteroatoms. The van der Waals surface area contributed by atoms with E-state index in [9.17, 15) is 9.59 Å². The predicted octanol–water partition coefficient (Wildman–Crippen LogP) is 0.622. The molecule has 0 aromatic carbocycles. The second kappa shape index (κ2) is 7.92. The van der Waals surface area contributed by atoms with Crippen LogP contribution in [0, 0.1) is 5.92 Å². The van der Waals surface area contributed by atoms with Gasteiger partial charge in [-0.1, -0.05) is 0 Å². The molecule has 0 saturated carbocycles. The molecule has 1 aliphatic rings. The monoisotopic (exact) mass is 257 g/mol. The number of piperidine rings is 1. The zero-order valence-electron chi connectivity index (χ0n) is 10.7. The SMILES string of the molecule is NCCCNC(=O)N1CCC(CCC(=O)O)CC1. The van der Waals surface area contributed by atoms with Crippen LogP contribution in [0.1, 0.15) is 32.1 Å². The molecule has 4 N–H and O–H groups in total. The van der Waals surface area contributed by atoms with Crippen LogP contribution in [0.15, 0.2) is 0 Å². The third-order valence-corrected chi connectivity index (χ3v) is 3.33. The molecule has 0 spiro atoms. The molecule has 0 aromatic heterocycles. The van der Waals surface area contributed by atoms with E-state index in [4.69, 9.17) is 10.8 Å². The van der Waals surface area contributed by atoms with Crippen molar-refractivity contribution in [2.75, 3.05) is 26.2 Å². The number of likely N-dealkylation sites (tertiary alicyclic amines) is 1. The van der Waals surface area contributed by atoms with Crippen LogP contribution < -0.4 is 11.1 Å². The minimum Gasteiger partial charge on any atom is -0.481 e. The summed E-state index contributed by atoms with van der Waals surface area (Å²) < 4.78 is 0. The van der Waals surface area contributed by atoms with Crippen LogP contribution in [0.3, 0.4) is 0 Å². The summed E-state index contributed by atoms with van der Waals surface area (Å²) in [6.45, 7) is 2.64. The van der Waals surface area contributed by atoms with E-state index < -0.39 is 5.97 Å². The molecule has 1 fully saturated rings. The van der Waals surface area contributed by atoms with Crippen LogP contribution in [0.25, 0.3) is 0 Å². The van der Waals surface area contributed by atoms with E-state index in [2.05, 4.69) is 5.32 Å². The van der Waals surface area contributed by atoms with Gasteiger partial charge in [-0.2, -0.15) is 0 Å². The van der Waals surface area contributed by atoms with Crippen molar-refractivity contribution in [1.29, 1.82) is 0 Å². The third kappa shape index (κ3) is 5.35. The summed E-state index contributed by atoms with van der Waals surface area (Å²) >= 11 is 0. The van der Waals surface area contributed by atoms with E-state index >= 15 is 0 Å². The van der Waals surface area contributed by atoms with Gasteiger partial charge < -0.3 is 21.1 Å². The number of aliphatic carboxylic acids is 1. The quantitative estimate of drug-likeness (QED) is 0.608. The minimum absolute atomic E-state index is 0.0277. The van der Waals surface area contributed by atoms with Gasteiger partial charge in [0, 0.05) is 26.1 Å². The van der Waals surface area contributed by atoms with E-state index in [1.54, 1.807) is 4.90 Å². The first-order chi connectivity index (χ1) is 8.63. The average Bonchev–Trinajstić information content (AvgIpc) is 2.37. The second-order valence-corrected chi connectivity index (χ2v) is 4.74. The zero-order chi connectivity index (χ0) is 13.4. The van der Waals surface area contributed by atoms with Crippen molar-refractivity contribution in [2.24, 2.45) is 11.7 Å². The minimum atomic E-state index is -0.739. The number of nitrogens with two attached hydrogens (primary N) is 1. The van der Waals surface area contributed by atoms with Crippen molar-refractivity contribution in [2.45, 2.75) is 32.1 Å². The molecule has 104 valence electrons. The fraction of sp³-hybridized carbons (Fsp3) is 0.833. The molecular weight excluding hydrogens is 234 g/mol. The maximum Gasteiger partial charge on any atom is 0.317 e. The van der Waals surface area contributed by atoms with Gasteiger partial charge in [-0.05, 0) is 38.1 Å². The smallest absolute Gasteiger partial charge is 0.317 e. The first kappa shape index (κ1) is 14.8. The molecule has 18 heavy (non-hydrogen) atoms. The van der Waals surface area contributed by atoms with Gasteiger partial charge in [-0.25, -0.2) is 4.79 Å². The fourth-order valence-electron chi connectivity index (χ4n) is 2.16. The number of hydrogen-bond donors (Lipinski definition) is 3. The normalized spacial score (nSPS) is 16.6. The topological polar surface area (TPSA) is 95.7 Å². The highest BCUT2D eigenvalue weighted by atomic mass is 16.4. The number of nitrogens with one attached hydrogen (secondary N) is 1. The molecule has 1 heterocycles. The first-order valence-corrected chi connectivity index (χ1v) is 6.58. The van der Waals surface area contributed by atoms with E-state index in [0.717, 1.165) is 38.8 Å². The highest BCUT2D eigenvalue weighted by Crippen LogP contribution is 2.21. The molecule has 1 rings (SSSR count). The maximum atomic E-state index is 11.7. The summed E-state index contributed by atoms with van der Waals surface area (Å²) in [5.74, 6) is -0.300. The Kier molecular flexibility index (Phi) is 6.49. The number of amides is 2. The van der Waals surface area contributed by atoms with Crippen LogP contribution in [-0.2, 0) is 4.79 Å². The van der Waals surface area contributed by atoms with Crippen LogP contribution in [-0.4, -0.2) is 48.2 Å². The molecule has 0 atom stereocenters. The summed E-state index contributed by atoms with van der Waals surface area (Å²) in [7, 11) is 0. The summed E-state index contributed by atoms with van der Waals surface area (Å²) in [5.41, 5.74) is 5.36. The van der Waals surface area contributed by atoms with Crippen LogP contribution >= 0.6 is 0 Å².